The van der Waals surface area contributed by atoms with Gasteiger partial charge in [-0.2, -0.15) is 0 Å². The summed E-state index contributed by atoms with van der Waals surface area (Å²) >= 11 is 0. The zero-order valence-electron chi connectivity index (χ0n) is 12.5. The van der Waals surface area contributed by atoms with Crippen molar-refractivity contribution in [2.24, 2.45) is 5.73 Å². The summed E-state index contributed by atoms with van der Waals surface area (Å²) < 4.78 is 0. The van der Waals surface area contributed by atoms with E-state index in [1.54, 1.807) is 6.92 Å². The van der Waals surface area contributed by atoms with Crippen molar-refractivity contribution in [1.82, 2.24) is 9.97 Å². The number of nitrogens with zero attached hydrogens (tertiary/aromatic N) is 2. The number of hydrogen-bond donors (Lipinski definition) is 1. The molecule has 2 aromatic rings. The van der Waals surface area contributed by atoms with Crippen LogP contribution in [0.15, 0.2) is 12.1 Å². The van der Waals surface area contributed by atoms with Crippen LogP contribution in [0.25, 0.3) is 11.3 Å². The lowest BCUT2D eigenvalue weighted by atomic mass is 9.98. The number of benzene rings is 1. The van der Waals surface area contributed by atoms with Gasteiger partial charge in [0.1, 0.15) is 5.69 Å². The third-order valence-corrected chi connectivity index (χ3v) is 3.68. The van der Waals surface area contributed by atoms with E-state index >= 15 is 0 Å². The van der Waals surface area contributed by atoms with Crippen LogP contribution < -0.4 is 5.73 Å². The van der Waals surface area contributed by atoms with Gasteiger partial charge in [-0.1, -0.05) is 0 Å². The van der Waals surface area contributed by atoms with Gasteiger partial charge in [0.15, 0.2) is 0 Å². The Morgan fingerprint density at radius 3 is 2.00 bits per heavy atom. The second kappa shape index (κ2) is 5.04. The Balaban J connectivity index is 2.69. The van der Waals surface area contributed by atoms with E-state index in [9.17, 15) is 4.79 Å². The zero-order valence-corrected chi connectivity index (χ0v) is 12.5. The van der Waals surface area contributed by atoms with Crippen molar-refractivity contribution < 1.29 is 4.79 Å². The largest absolute Gasteiger partial charge is 0.364 e. The molecule has 0 aliphatic rings. The molecular weight excluding hydrogens is 250 g/mol. The molecule has 0 aliphatic carbocycles. The average Bonchev–Trinajstić information content (AvgIpc) is 2.35. The summed E-state index contributed by atoms with van der Waals surface area (Å²) in [4.78, 5) is 20.2. The lowest BCUT2D eigenvalue weighted by molar-refractivity contribution is 0.0994. The summed E-state index contributed by atoms with van der Waals surface area (Å²) in [5.41, 5.74) is 12.3. The van der Waals surface area contributed by atoms with Gasteiger partial charge in [0.2, 0.25) is 0 Å². The number of carbonyl (C=O) groups excluding carboxylic acids is 1. The van der Waals surface area contributed by atoms with Crippen LogP contribution in [-0.4, -0.2) is 15.9 Å². The molecule has 104 valence electrons. The fraction of sp³-hybridized carbons (Fsp3) is 0.312. The average molecular weight is 269 g/mol. The fourth-order valence-electron chi connectivity index (χ4n) is 2.31. The SMILES string of the molecule is Cc1cc(-c2nc(C(N)=O)c(C)nc2C)cc(C)c1C. The van der Waals surface area contributed by atoms with Crippen LogP contribution in [0.1, 0.15) is 38.6 Å². The van der Waals surface area contributed by atoms with E-state index in [0.717, 1.165) is 17.0 Å². The zero-order chi connectivity index (χ0) is 15.0. The van der Waals surface area contributed by atoms with Crippen molar-refractivity contribution in [2.45, 2.75) is 34.6 Å². The van der Waals surface area contributed by atoms with Crippen molar-refractivity contribution in [3.63, 3.8) is 0 Å². The number of amides is 1. The predicted octanol–water partition coefficient (Wildman–Crippen LogP) is 2.78. The molecule has 0 aliphatic heterocycles. The first-order chi connectivity index (χ1) is 9.31. The molecule has 0 atom stereocenters. The highest BCUT2D eigenvalue weighted by molar-refractivity contribution is 5.92. The Hall–Kier alpha value is -2.23. The molecule has 2 N–H and O–H groups in total. The van der Waals surface area contributed by atoms with Crippen LogP contribution in [0.3, 0.4) is 0 Å². The summed E-state index contributed by atoms with van der Waals surface area (Å²) in [5.74, 6) is -0.545. The number of aromatic nitrogens is 2. The normalized spacial score (nSPS) is 10.7. The molecule has 1 amide bonds. The van der Waals surface area contributed by atoms with E-state index in [0.29, 0.717) is 5.69 Å². The van der Waals surface area contributed by atoms with E-state index in [1.165, 1.54) is 16.7 Å². The second-order valence-electron chi connectivity index (χ2n) is 5.19. The van der Waals surface area contributed by atoms with Gasteiger partial charge in [0.25, 0.3) is 5.91 Å². The number of rotatable bonds is 2. The Labute approximate surface area is 119 Å². The number of carbonyl (C=O) groups is 1. The first kappa shape index (κ1) is 14.2. The minimum Gasteiger partial charge on any atom is -0.364 e. The summed E-state index contributed by atoms with van der Waals surface area (Å²) in [6.45, 7) is 9.87. The summed E-state index contributed by atoms with van der Waals surface area (Å²) in [6, 6.07) is 4.14. The molecule has 1 heterocycles. The van der Waals surface area contributed by atoms with Gasteiger partial charge >= 0.3 is 0 Å². The van der Waals surface area contributed by atoms with Gasteiger partial charge in [0.05, 0.1) is 17.1 Å². The Kier molecular flexibility index (Phi) is 3.57. The third-order valence-electron chi connectivity index (χ3n) is 3.68. The maximum atomic E-state index is 11.4. The number of hydrogen-bond acceptors (Lipinski definition) is 3. The molecule has 0 radical (unpaired) electrons. The van der Waals surface area contributed by atoms with Gasteiger partial charge in [-0.3, -0.25) is 9.78 Å². The van der Waals surface area contributed by atoms with Gasteiger partial charge < -0.3 is 5.73 Å². The first-order valence-electron chi connectivity index (χ1n) is 6.54. The van der Waals surface area contributed by atoms with E-state index in [-0.39, 0.29) is 5.69 Å². The van der Waals surface area contributed by atoms with E-state index in [2.05, 4.69) is 42.9 Å². The van der Waals surface area contributed by atoms with Crippen LogP contribution >= 0.6 is 0 Å². The van der Waals surface area contributed by atoms with Crippen LogP contribution in [0.2, 0.25) is 0 Å². The smallest absolute Gasteiger partial charge is 0.269 e. The second-order valence-corrected chi connectivity index (χ2v) is 5.19. The predicted molar refractivity (Wildman–Crippen MR) is 79.7 cm³/mol. The lowest BCUT2D eigenvalue weighted by Crippen LogP contribution is -2.17. The minimum atomic E-state index is -0.545. The highest BCUT2D eigenvalue weighted by atomic mass is 16.1. The molecule has 0 bridgehead atoms. The van der Waals surface area contributed by atoms with Crippen molar-refractivity contribution >= 4 is 5.91 Å². The van der Waals surface area contributed by atoms with E-state index in [1.807, 2.05) is 6.92 Å². The number of primary amides is 1. The highest BCUT2D eigenvalue weighted by Crippen LogP contribution is 2.26. The van der Waals surface area contributed by atoms with Crippen LogP contribution in [-0.2, 0) is 0 Å². The molecule has 0 spiro atoms. The van der Waals surface area contributed by atoms with E-state index in [4.69, 9.17) is 5.73 Å². The molecule has 0 saturated carbocycles. The molecule has 0 fully saturated rings. The van der Waals surface area contributed by atoms with Gasteiger partial charge in [-0.05, 0) is 63.4 Å². The summed E-state index contributed by atoms with van der Waals surface area (Å²) in [7, 11) is 0. The quantitative estimate of drug-likeness (QED) is 0.911. The molecule has 20 heavy (non-hydrogen) atoms. The van der Waals surface area contributed by atoms with Crippen molar-refractivity contribution in [3.8, 4) is 11.3 Å². The van der Waals surface area contributed by atoms with Crippen LogP contribution in [0.5, 0.6) is 0 Å². The maximum Gasteiger partial charge on any atom is 0.269 e. The first-order valence-corrected chi connectivity index (χ1v) is 6.54. The van der Waals surface area contributed by atoms with Crippen LogP contribution in [0.4, 0.5) is 0 Å². The molecule has 1 aromatic carbocycles. The molecule has 2 rings (SSSR count). The van der Waals surface area contributed by atoms with Crippen LogP contribution in [0, 0.1) is 34.6 Å². The van der Waals surface area contributed by atoms with Crippen molar-refractivity contribution in [1.29, 1.82) is 0 Å². The van der Waals surface area contributed by atoms with Gasteiger partial charge in [-0.15, -0.1) is 0 Å². The maximum absolute atomic E-state index is 11.4. The highest BCUT2D eigenvalue weighted by Gasteiger charge is 2.14. The Morgan fingerprint density at radius 1 is 0.950 bits per heavy atom. The fourth-order valence-corrected chi connectivity index (χ4v) is 2.31. The van der Waals surface area contributed by atoms with Gasteiger partial charge in [-0.25, -0.2) is 4.98 Å². The standard InChI is InChI=1S/C16H19N3O/c1-8-6-13(7-9(2)10(8)3)14-11(4)18-12(5)15(19-14)16(17)20/h6-7H,1-5H3,(H2,17,20). The monoisotopic (exact) mass is 269 g/mol. The Bertz CT molecular complexity index is 682. The molecule has 0 unspecified atom stereocenters. The third kappa shape index (κ3) is 2.41. The lowest BCUT2D eigenvalue weighted by Gasteiger charge is -2.12. The molecule has 4 nitrogen and oxygen atoms in total. The molecular formula is C16H19N3O. The van der Waals surface area contributed by atoms with Crippen molar-refractivity contribution in [2.75, 3.05) is 0 Å². The van der Waals surface area contributed by atoms with E-state index < -0.39 is 5.91 Å². The topological polar surface area (TPSA) is 68.9 Å². The van der Waals surface area contributed by atoms with Crippen molar-refractivity contribution in [3.05, 3.63) is 45.9 Å². The molecule has 1 aromatic heterocycles. The number of nitrogens with two attached hydrogens (primary N) is 1. The molecule has 4 heteroatoms. The molecule has 0 saturated heterocycles. The Morgan fingerprint density at radius 2 is 1.50 bits per heavy atom. The van der Waals surface area contributed by atoms with Gasteiger partial charge in [0, 0.05) is 5.56 Å². The number of aryl methyl sites for hydroxylation is 4. The summed E-state index contributed by atoms with van der Waals surface area (Å²) in [5, 5.41) is 0. The summed E-state index contributed by atoms with van der Waals surface area (Å²) in [6.07, 6.45) is 0. The minimum absolute atomic E-state index is 0.237.